The van der Waals surface area contributed by atoms with Crippen LogP contribution >= 0.6 is 11.3 Å². The molecule has 0 aliphatic rings. The van der Waals surface area contributed by atoms with E-state index in [4.69, 9.17) is 4.98 Å². The van der Waals surface area contributed by atoms with E-state index in [1.54, 1.807) is 35.9 Å². The fourth-order valence-electron chi connectivity index (χ4n) is 3.45. The molecule has 5 aromatic heterocycles. The number of ketones is 1. The second-order valence-electron chi connectivity index (χ2n) is 7.04. The molecule has 0 atom stereocenters. The van der Waals surface area contributed by atoms with Crippen LogP contribution in [0.3, 0.4) is 0 Å². The van der Waals surface area contributed by atoms with Crippen molar-refractivity contribution in [3.05, 3.63) is 69.1 Å². The van der Waals surface area contributed by atoms with Crippen LogP contribution in [0.1, 0.15) is 33.7 Å². The molecule has 5 aromatic rings. The smallest absolute Gasteiger partial charge is 0.291 e. The Bertz CT molecular complexity index is 1440. The van der Waals surface area contributed by atoms with Crippen LogP contribution in [0, 0.1) is 0 Å². The Balaban J connectivity index is 1.53. The molecule has 0 aliphatic carbocycles. The van der Waals surface area contributed by atoms with Gasteiger partial charge in [-0.1, -0.05) is 0 Å². The number of aromatic amines is 1. The summed E-state index contributed by atoms with van der Waals surface area (Å²) in [5.74, 6) is -0.0472. The van der Waals surface area contributed by atoms with E-state index in [0.29, 0.717) is 23.2 Å². The first-order valence-electron chi connectivity index (χ1n) is 9.29. The van der Waals surface area contributed by atoms with Crippen molar-refractivity contribution < 1.29 is 4.79 Å². The molecule has 9 nitrogen and oxygen atoms in total. The van der Waals surface area contributed by atoms with Crippen molar-refractivity contribution in [3.63, 3.8) is 0 Å². The maximum Gasteiger partial charge on any atom is 0.291 e. The van der Waals surface area contributed by atoms with Gasteiger partial charge in [-0.25, -0.2) is 9.67 Å². The van der Waals surface area contributed by atoms with E-state index in [1.165, 1.54) is 17.8 Å². The number of hydrogen-bond donors (Lipinski definition) is 1. The lowest BCUT2D eigenvalue weighted by Gasteiger charge is -2.06. The summed E-state index contributed by atoms with van der Waals surface area (Å²) in [6.07, 6.45) is 5.60. The van der Waals surface area contributed by atoms with E-state index >= 15 is 0 Å². The van der Waals surface area contributed by atoms with Gasteiger partial charge >= 0.3 is 0 Å². The average Bonchev–Trinajstić information content (AvgIpc) is 3.44. The van der Waals surface area contributed by atoms with Crippen molar-refractivity contribution in [2.24, 2.45) is 7.05 Å². The number of H-pyrrole nitrogens is 1. The van der Waals surface area contributed by atoms with Gasteiger partial charge in [-0.2, -0.15) is 10.2 Å². The van der Waals surface area contributed by atoms with Crippen molar-refractivity contribution in [2.45, 2.75) is 19.9 Å². The lowest BCUT2D eigenvalue weighted by molar-refractivity contribution is 0.101. The third-order valence-corrected chi connectivity index (χ3v) is 6.09. The number of rotatable bonds is 5. The maximum absolute atomic E-state index is 13.1. The monoisotopic (exact) mass is 419 g/mol. The Morgan fingerprint density at radius 1 is 1.23 bits per heavy atom. The van der Waals surface area contributed by atoms with Crippen LogP contribution in [-0.4, -0.2) is 40.3 Å². The number of aryl methyl sites for hydroxylation is 1. The summed E-state index contributed by atoms with van der Waals surface area (Å²) in [6, 6.07) is 5.36. The molecule has 0 amide bonds. The molecule has 0 radical (unpaired) electrons. The second kappa shape index (κ2) is 6.99. The third kappa shape index (κ3) is 3.01. The van der Waals surface area contributed by atoms with Gasteiger partial charge in [0, 0.05) is 42.5 Å². The molecule has 0 spiro atoms. The summed E-state index contributed by atoms with van der Waals surface area (Å²) in [5.41, 5.74) is 3.31. The molecule has 0 aliphatic heterocycles. The Morgan fingerprint density at radius 2 is 2.10 bits per heavy atom. The van der Waals surface area contributed by atoms with Crippen LogP contribution in [0.15, 0.2) is 41.6 Å². The molecular weight excluding hydrogens is 402 g/mol. The van der Waals surface area contributed by atoms with Crippen LogP contribution in [0.25, 0.3) is 21.3 Å². The summed E-state index contributed by atoms with van der Waals surface area (Å²) in [7, 11) is 1.84. The first-order chi connectivity index (χ1) is 14.5. The Hall–Kier alpha value is -3.66. The molecule has 0 bridgehead atoms. The Kier molecular flexibility index (Phi) is 4.28. The molecular formula is C20H17N7O2S. The molecule has 150 valence electrons. The second-order valence-corrected chi connectivity index (χ2v) is 8.13. The zero-order chi connectivity index (χ0) is 20.8. The number of pyridine rings is 1. The summed E-state index contributed by atoms with van der Waals surface area (Å²) in [6.45, 7) is 1.72. The van der Waals surface area contributed by atoms with Crippen LogP contribution in [-0.2, 0) is 20.0 Å². The number of fused-ring (bicyclic) bond motifs is 3. The molecule has 5 heterocycles. The van der Waals surface area contributed by atoms with Crippen LogP contribution in [0.5, 0.6) is 0 Å². The van der Waals surface area contributed by atoms with Crippen LogP contribution in [0.2, 0.25) is 0 Å². The van der Waals surface area contributed by atoms with E-state index in [9.17, 15) is 9.59 Å². The quantitative estimate of drug-likeness (QED) is 0.438. The highest BCUT2D eigenvalue weighted by Gasteiger charge is 2.18. The Labute approximate surface area is 174 Å². The molecule has 30 heavy (non-hydrogen) atoms. The Morgan fingerprint density at radius 3 is 2.80 bits per heavy atom. The van der Waals surface area contributed by atoms with Gasteiger partial charge in [-0.15, -0.1) is 11.3 Å². The number of nitrogens with one attached hydrogen (secondary N) is 1. The molecule has 1 N–H and O–H groups in total. The van der Waals surface area contributed by atoms with Gasteiger partial charge in [-0.3, -0.25) is 19.7 Å². The van der Waals surface area contributed by atoms with Gasteiger partial charge in [0.1, 0.15) is 10.5 Å². The normalized spacial score (nSPS) is 11.5. The van der Waals surface area contributed by atoms with Crippen molar-refractivity contribution in [2.75, 3.05) is 0 Å². The van der Waals surface area contributed by atoms with E-state index in [-0.39, 0.29) is 17.9 Å². The van der Waals surface area contributed by atoms with Gasteiger partial charge in [0.05, 0.1) is 23.1 Å². The minimum atomic E-state index is -0.201. The summed E-state index contributed by atoms with van der Waals surface area (Å²) < 4.78 is 4.15. The van der Waals surface area contributed by atoms with E-state index in [2.05, 4.69) is 20.3 Å². The number of carbonyl (C=O) groups is 1. The minimum absolute atomic E-state index is 0.0472. The van der Waals surface area contributed by atoms with Crippen molar-refractivity contribution >= 4 is 38.4 Å². The van der Waals surface area contributed by atoms with Crippen molar-refractivity contribution in [1.82, 2.24) is 34.5 Å². The van der Waals surface area contributed by atoms with Crippen molar-refractivity contribution in [3.8, 4) is 0 Å². The maximum atomic E-state index is 13.1. The number of hydrogen-bond acceptors (Lipinski definition) is 7. The number of nitrogens with zero attached hydrogens (tertiary/aromatic N) is 6. The molecule has 0 fully saturated rings. The summed E-state index contributed by atoms with van der Waals surface area (Å²) >= 11 is 1.56. The van der Waals surface area contributed by atoms with Gasteiger partial charge < -0.3 is 4.57 Å². The molecule has 10 heteroatoms. The van der Waals surface area contributed by atoms with Crippen LogP contribution in [0.4, 0.5) is 0 Å². The van der Waals surface area contributed by atoms with E-state index in [1.807, 2.05) is 17.7 Å². The topological polar surface area (TPSA) is 111 Å². The zero-order valence-electron chi connectivity index (χ0n) is 16.3. The lowest BCUT2D eigenvalue weighted by atomic mass is 10.2. The van der Waals surface area contributed by atoms with Gasteiger partial charge in [-0.05, 0) is 25.1 Å². The molecule has 0 unspecified atom stereocenters. The first-order valence-corrected chi connectivity index (χ1v) is 10.1. The van der Waals surface area contributed by atoms with Gasteiger partial charge in [0.15, 0.2) is 11.4 Å². The largest absolute Gasteiger partial charge is 0.323 e. The SMILES string of the molecule is CC(=O)c1ccc(Cn2ncc3c4sc(Cc5ccn[nH]5)nc4n(C)c3c2=O)nc1. The molecule has 0 aromatic carbocycles. The zero-order valence-corrected chi connectivity index (χ0v) is 17.1. The van der Waals surface area contributed by atoms with E-state index in [0.717, 1.165) is 26.4 Å². The minimum Gasteiger partial charge on any atom is -0.323 e. The number of thiazole rings is 1. The predicted octanol–water partition coefficient (Wildman–Crippen LogP) is 2.30. The fourth-order valence-corrected chi connectivity index (χ4v) is 4.58. The van der Waals surface area contributed by atoms with Crippen molar-refractivity contribution in [1.29, 1.82) is 0 Å². The highest BCUT2D eigenvalue weighted by atomic mass is 32.1. The van der Waals surface area contributed by atoms with Gasteiger partial charge in [0.25, 0.3) is 5.56 Å². The molecule has 5 rings (SSSR count). The molecule has 0 saturated carbocycles. The highest BCUT2D eigenvalue weighted by Crippen LogP contribution is 2.31. The summed E-state index contributed by atoms with van der Waals surface area (Å²) in [5, 5.41) is 13.0. The van der Waals surface area contributed by atoms with E-state index < -0.39 is 0 Å². The fraction of sp³-hybridized carbons (Fsp3) is 0.200. The number of carbonyl (C=O) groups excluding carboxylic acids is 1. The summed E-state index contributed by atoms with van der Waals surface area (Å²) in [4.78, 5) is 33.5. The standard InChI is InChI=1S/C20H17N7O2S/c1-11(28)12-3-4-14(21-8-12)10-27-20(29)17-15(9-23-27)18-19(26(17)2)24-16(30-18)7-13-5-6-22-25-13/h3-6,8-9H,7,10H2,1-2H3,(H,22,25). The third-order valence-electron chi connectivity index (χ3n) is 5.01. The van der Waals surface area contributed by atoms with Gasteiger partial charge in [0.2, 0.25) is 0 Å². The number of aromatic nitrogens is 7. The average molecular weight is 419 g/mol. The van der Waals surface area contributed by atoms with Crippen LogP contribution < -0.4 is 5.56 Å². The predicted molar refractivity (Wildman–Crippen MR) is 113 cm³/mol. The first kappa shape index (κ1) is 18.4. The highest BCUT2D eigenvalue weighted by molar-refractivity contribution is 7.19. The number of Topliss-reactive ketones (excluding diaryl/α,β-unsaturated/α-hetero) is 1. The molecule has 0 saturated heterocycles. The lowest BCUT2D eigenvalue weighted by Crippen LogP contribution is -2.25.